The van der Waals surface area contributed by atoms with Gasteiger partial charge in [-0.1, -0.05) is 5.92 Å². The van der Waals surface area contributed by atoms with E-state index in [9.17, 15) is 9.18 Å². The first-order chi connectivity index (χ1) is 5.65. The molecule has 0 bridgehead atoms. The van der Waals surface area contributed by atoms with Gasteiger partial charge < -0.3 is 5.11 Å². The van der Waals surface area contributed by atoms with Gasteiger partial charge in [-0.05, 0) is 18.2 Å². The number of carboxylic acids is 1. The Kier molecular flexibility index (Phi) is 5.45. The van der Waals surface area contributed by atoms with Crippen molar-refractivity contribution in [3.05, 3.63) is 35.1 Å². The molecule has 1 rings (SSSR count). The van der Waals surface area contributed by atoms with Crippen LogP contribution in [0.5, 0.6) is 0 Å². The van der Waals surface area contributed by atoms with Crippen LogP contribution in [0.3, 0.4) is 0 Å². The summed E-state index contributed by atoms with van der Waals surface area (Å²) in [6.45, 7) is 0. The van der Waals surface area contributed by atoms with Crippen LogP contribution in [0.2, 0.25) is 0 Å². The molecule has 0 aliphatic carbocycles. The molecule has 0 unspecified atom stereocenters. The van der Waals surface area contributed by atoms with Crippen molar-refractivity contribution < 1.29 is 14.3 Å². The molecule has 13 heavy (non-hydrogen) atoms. The van der Waals surface area contributed by atoms with Crippen molar-refractivity contribution in [1.29, 1.82) is 0 Å². The number of benzene rings is 1. The molecule has 0 amide bonds. The second-order valence-corrected chi connectivity index (χ2v) is 2.14. The molecule has 0 heterocycles. The van der Waals surface area contributed by atoms with E-state index >= 15 is 0 Å². The van der Waals surface area contributed by atoms with Gasteiger partial charge in [0.05, 0.1) is 5.56 Å². The summed E-state index contributed by atoms with van der Waals surface area (Å²) in [7, 11) is 0. The Hall–Kier alpha value is -0.184. The standard InChI is InChI=1S/C9H5FO2.K.H/c1-2-6-3-4-7(9(11)12)8(10)5-6;;/h1,3-5H,(H,11,12);;. The molecule has 1 aromatic carbocycles. The van der Waals surface area contributed by atoms with Crippen molar-refractivity contribution >= 4 is 57.4 Å². The third kappa shape index (κ3) is 3.22. The summed E-state index contributed by atoms with van der Waals surface area (Å²) in [4.78, 5) is 10.3. The Bertz CT molecular complexity index is 368. The van der Waals surface area contributed by atoms with Crippen LogP contribution in [0.1, 0.15) is 15.9 Å². The van der Waals surface area contributed by atoms with Gasteiger partial charge in [0.1, 0.15) is 5.82 Å². The summed E-state index contributed by atoms with van der Waals surface area (Å²) in [5.74, 6) is 0.0982. The summed E-state index contributed by atoms with van der Waals surface area (Å²) in [6, 6.07) is 3.54. The topological polar surface area (TPSA) is 37.3 Å². The minimum absolute atomic E-state index is 0. The zero-order chi connectivity index (χ0) is 9.14. The van der Waals surface area contributed by atoms with Crippen LogP contribution in [-0.4, -0.2) is 62.5 Å². The molecule has 4 heteroatoms. The average Bonchev–Trinajstić information content (AvgIpc) is 2.03. The second kappa shape index (κ2) is 5.53. The van der Waals surface area contributed by atoms with E-state index in [0.717, 1.165) is 12.1 Å². The Morgan fingerprint density at radius 3 is 2.54 bits per heavy atom. The van der Waals surface area contributed by atoms with Crippen LogP contribution < -0.4 is 0 Å². The molecular formula is C9H6FKO2. The maximum absolute atomic E-state index is 12.8. The number of hydrogen-bond donors (Lipinski definition) is 1. The van der Waals surface area contributed by atoms with Crippen LogP contribution in [0.15, 0.2) is 18.2 Å². The normalized spacial score (nSPS) is 8.31. The fraction of sp³-hybridized carbons (Fsp3) is 0. The van der Waals surface area contributed by atoms with Crippen molar-refractivity contribution in [3.8, 4) is 12.3 Å². The van der Waals surface area contributed by atoms with Crippen LogP contribution in [-0.2, 0) is 0 Å². The number of terminal acetylenes is 1. The molecule has 0 aromatic heterocycles. The molecule has 1 N–H and O–H groups in total. The molecule has 0 radical (unpaired) electrons. The van der Waals surface area contributed by atoms with E-state index in [0.29, 0.717) is 5.56 Å². The molecule has 0 aliphatic heterocycles. The van der Waals surface area contributed by atoms with Crippen molar-refractivity contribution in [2.75, 3.05) is 0 Å². The SMILES string of the molecule is C#Cc1ccc(C(=O)O)c(F)c1.[KH]. The fourth-order valence-corrected chi connectivity index (χ4v) is 0.778. The van der Waals surface area contributed by atoms with Crippen molar-refractivity contribution in [2.24, 2.45) is 0 Å². The van der Waals surface area contributed by atoms with Crippen LogP contribution in [0, 0.1) is 18.2 Å². The number of aromatic carboxylic acids is 1. The third-order valence-electron chi connectivity index (χ3n) is 1.37. The molecule has 0 fully saturated rings. The molecule has 62 valence electrons. The first-order valence-corrected chi connectivity index (χ1v) is 3.14. The fourth-order valence-electron chi connectivity index (χ4n) is 0.778. The van der Waals surface area contributed by atoms with Crippen molar-refractivity contribution in [1.82, 2.24) is 0 Å². The van der Waals surface area contributed by atoms with Gasteiger partial charge in [0.25, 0.3) is 0 Å². The number of rotatable bonds is 1. The van der Waals surface area contributed by atoms with Gasteiger partial charge in [0.2, 0.25) is 0 Å². The van der Waals surface area contributed by atoms with Gasteiger partial charge >= 0.3 is 57.4 Å². The van der Waals surface area contributed by atoms with E-state index in [4.69, 9.17) is 11.5 Å². The van der Waals surface area contributed by atoms with Gasteiger partial charge in [-0.3, -0.25) is 0 Å². The van der Waals surface area contributed by atoms with Crippen LogP contribution in [0.4, 0.5) is 4.39 Å². The van der Waals surface area contributed by atoms with Gasteiger partial charge in [-0.15, -0.1) is 6.42 Å². The first kappa shape index (κ1) is 12.8. The van der Waals surface area contributed by atoms with Gasteiger partial charge in [-0.25, -0.2) is 9.18 Å². The third-order valence-corrected chi connectivity index (χ3v) is 1.37. The first-order valence-electron chi connectivity index (χ1n) is 3.14. The molecule has 1 aromatic rings. The number of halogens is 1. The Labute approximate surface area is 118 Å². The zero-order valence-electron chi connectivity index (χ0n) is 6.04. The molecule has 0 saturated heterocycles. The minimum atomic E-state index is -1.30. The number of carbonyl (C=O) groups is 1. The number of hydrogen-bond acceptors (Lipinski definition) is 1. The van der Waals surface area contributed by atoms with E-state index in [1.54, 1.807) is 0 Å². The van der Waals surface area contributed by atoms with E-state index in [1.165, 1.54) is 6.07 Å². The molecule has 0 spiro atoms. The van der Waals surface area contributed by atoms with Gasteiger partial charge in [0.15, 0.2) is 0 Å². The van der Waals surface area contributed by atoms with Crippen LogP contribution >= 0.6 is 0 Å². The Morgan fingerprint density at radius 1 is 1.54 bits per heavy atom. The summed E-state index contributed by atoms with van der Waals surface area (Å²) >= 11 is 0. The molecule has 2 nitrogen and oxygen atoms in total. The predicted molar refractivity (Wildman–Crippen MR) is 48.4 cm³/mol. The van der Waals surface area contributed by atoms with E-state index in [1.807, 2.05) is 0 Å². The second-order valence-electron chi connectivity index (χ2n) is 2.14. The van der Waals surface area contributed by atoms with E-state index in [2.05, 4.69) is 5.92 Å². The quantitative estimate of drug-likeness (QED) is 0.544. The summed E-state index contributed by atoms with van der Waals surface area (Å²) in [5, 5.41) is 8.44. The van der Waals surface area contributed by atoms with Crippen molar-refractivity contribution in [3.63, 3.8) is 0 Å². The Balaban J connectivity index is 0.00000144. The van der Waals surface area contributed by atoms with Gasteiger partial charge in [-0.2, -0.15) is 0 Å². The van der Waals surface area contributed by atoms with E-state index in [-0.39, 0.29) is 56.9 Å². The van der Waals surface area contributed by atoms with E-state index < -0.39 is 11.8 Å². The maximum atomic E-state index is 12.8. The monoisotopic (exact) mass is 204 g/mol. The predicted octanol–water partition coefficient (Wildman–Crippen LogP) is 0.857. The number of carboxylic acid groups (broad SMARTS) is 1. The molecule has 0 aliphatic rings. The summed E-state index contributed by atoms with van der Waals surface area (Å²) in [5.41, 5.74) is -0.0356. The van der Waals surface area contributed by atoms with Crippen molar-refractivity contribution in [2.45, 2.75) is 0 Å². The summed E-state index contributed by atoms with van der Waals surface area (Å²) in [6.07, 6.45) is 4.98. The average molecular weight is 204 g/mol. The zero-order valence-corrected chi connectivity index (χ0v) is 6.04. The molecule has 0 atom stereocenters. The van der Waals surface area contributed by atoms with Crippen LogP contribution in [0.25, 0.3) is 0 Å². The molecule has 0 saturated carbocycles. The van der Waals surface area contributed by atoms with Gasteiger partial charge in [0, 0.05) is 5.56 Å². The summed E-state index contributed by atoms with van der Waals surface area (Å²) < 4.78 is 12.8. The molecular weight excluding hydrogens is 198 g/mol. The Morgan fingerprint density at radius 2 is 2.15 bits per heavy atom.